The third kappa shape index (κ3) is 7.20. The molecule has 2 aromatic carbocycles. The molecule has 4 atom stereocenters. The number of rotatable bonds is 8. The molecule has 1 aromatic heterocycles. The lowest BCUT2D eigenvalue weighted by molar-refractivity contribution is -0.135. The number of thiazole rings is 1. The van der Waals surface area contributed by atoms with Crippen molar-refractivity contribution in [2.75, 3.05) is 38.0 Å². The van der Waals surface area contributed by atoms with Gasteiger partial charge in [-0.15, -0.1) is 11.3 Å². The van der Waals surface area contributed by atoms with Crippen molar-refractivity contribution in [3.8, 4) is 0 Å². The molecule has 3 fully saturated rings. The molecule has 2 aliphatic heterocycles. The first kappa shape index (κ1) is 31.9. The van der Waals surface area contributed by atoms with Crippen LogP contribution in [-0.4, -0.2) is 82.2 Å². The van der Waals surface area contributed by atoms with Gasteiger partial charge in [0.2, 0.25) is 11.8 Å². The summed E-state index contributed by atoms with van der Waals surface area (Å²) in [6.45, 7) is 8.69. The Hall–Kier alpha value is -3.02. The number of benzene rings is 2. The largest absolute Gasteiger partial charge is 0.334 e. The number of amides is 3. The van der Waals surface area contributed by atoms with Gasteiger partial charge in [-0.1, -0.05) is 46.5 Å². The zero-order chi connectivity index (χ0) is 31.8. The van der Waals surface area contributed by atoms with E-state index in [9.17, 15) is 14.4 Å². The Bertz CT molecular complexity index is 1590. The van der Waals surface area contributed by atoms with E-state index in [1.165, 1.54) is 18.3 Å². The van der Waals surface area contributed by atoms with E-state index < -0.39 is 0 Å². The van der Waals surface area contributed by atoms with E-state index in [4.69, 9.17) is 23.2 Å². The number of nitrogens with zero attached hydrogens (tertiary/aromatic N) is 4. The van der Waals surface area contributed by atoms with Gasteiger partial charge in [-0.3, -0.25) is 19.3 Å². The topological polar surface area (TPSA) is 97.9 Å². The maximum atomic E-state index is 13.8. The molecule has 9 nitrogen and oxygen atoms in total. The normalized spacial score (nSPS) is 23.0. The second-order valence-corrected chi connectivity index (χ2v) is 14.2. The van der Waals surface area contributed by atoms with Gasteiger partial charge >= 0.3 is 0 Å². The Kier molecular flexibility index (Phi) is 9.49. The van der Waals surface area contributed by atoms with Gasteiger partial charge in [0.25, 0.3) is 5.91 Å². The fourth-order valence-electron chi connectivity index (χ4n) is 7.16. The number of likely N-dealkylation sites (tertiary alicyclic amines) is 1. The number of hydrogen-bond donors (Lipinski definition) is 2. The van der Waals surface area contributed by atoms with E-state index in [0.717, 1.165) is 48.3 Å². The third-order valence-corrected chi connectivity index (χ3v) is 10.7. The molecule has 12 heteroatoms. The first-order valence-electron chi connectivity index (χ1n) is 15.4. The lowest BCUT2D eigenvalue weighted by atomic mass is 10.00. The molecule has 3 aromatic rings. The quantitative estimate of drug-likeness (QED) is 0.338. The number of carbonyl (C=O) groups excluding carboxylic acids is 3. The van der Waals surface area contributed by atoms with Crippen LogP contribution in [0.1, 0.15) is 58.5 Å². The molecule has 238 valence electrons. The van der Waals surface area contributed by atoms with Crippen LogP contribution in [0.15, 0.2) is 41.8 Å². The molecule has 1 aliphatic carbocycles. The molecule has 3 aliphatic rings. The average Bonchev–Trinajstić information content (AvgIpc) is 3.72. The molecule has 6 rings (SSSR count). The second kappa shape index (κ2) is 13.4. The summed E-state index contributed by atoms with van der Waals surface area (Å²) in [5, 5.41) is 9.85. The highest BCUT2D eigenvalue weighted by atomic mass is 35.5. The fourth-order valence-corrected chi connectivity index (χ4v) is 8.21. The van der Waals surface area contributed by atoms with E-state index in [-0.39, 0.29) is 36.3 Å². The molecular formula is C33H38Cl2N6O3S. The summed E-state index contributed by atoms with van der Waals surface area (Å²) in [6, 6.07) is 11.7. The van der Waals surface area contributed by atoms with Gasteiger partial charge in [0.15, 0.2) is 5.13 Å². The van der Waals surface area contributed by atoms with Crippen LogP contribution >= 0.6 is 34.5 Å². The number of piperidine rings is 1. The Balaban J connectivity index is 1.09. The maximum absolute atomic E-state index is 13.8. The van der Waals surface area contributed by atoms with E-state index in [2.05, 4.69) is 26.6 Å². The van der Waals surface area contributed by atoms with Crippen molar-refractivity contribution in [1.29, 1.82) is 0 Å². The lowest BCUT2D eigenvalue weighted by Crippen LogP contribution is -2.55. The Morgan fingerprint density at radius 1 is 1.00 bits per heavy atom. The second-order valence-electron chi connectivity index (χ2n) is 12.5. The molecule has 2 saturated heterocycles. The number of piperazine rings is 1. The molecule has 2 N–H and O–H groups in total. The zero-order valence-corrected chi connectivity index (χ0v) is 28.0. The van der Waals surface area contributed by atoms with E-state index in [1.54, 1.807) is 12.1 Å². The summed E-state index contributed by atoms with van der Waals surface area (Å²) in [5.41, 5.74) is 4.58. The van der Waals surface area contributed by atoms with Gasteiger partial charge in [-0.2, -0.15) is 0 Å². The number of anilines is 1. The Morgan fingerprint density at radius 2 is 1.78 bits per heavy atom. The minimum absolute atomic E-state index is 0.0113. The summed E-state index contributed by atoms with van der Waals surface area (Å²) in [5.74, 6) is 0.328. The van der Waals surface area contributed by atoms with Crippen molar-refractivity contribution in [2.24, 2.45) is 5.92 Å². The highest BCUT2D eigenvalue weighted by molar-refractivity contribution is 7.13. The highest BCUT2D eigenvalue weighted by Crippen LogP contribution is 2.39. The first-order valence-corrected chi connectivity index (χ1v) is 17.0. The molecule has 45 heavy (non-hydrogen) atoms. The van der Waals surface area contributed by atoms with E-state index in [0.29, 0.717) is 52.3 Å². The molecule has 2 bridgehead atoms. The van der Waals surface area contributed by atoms with E-state index >= 15 is 0 Å². The number of aromatic nitrogens is 1. The molecule has 3 unspecified atom stereocenters. The number of halogens is 2. The minimum Gasteiger partial charge on any atom is -0.334 e. The fraction of sp³-hybridized carbons (Fsp3) is 0.455. The summed E-state index contributed by atoms with van der Waals surface area (Å²) in [6.07, 6.45) is 2.08. The van der Waals surface area contributed by atoms with Crippen molar-refractivity contribution in [3.63, 3.8) is 0 Å². The summed E-state index contributed by atoms with van der Waals surface area (Å²) >= 11 is 14.1. The lowest BCUT2D eigenvalue weighted by Gasteiger charge is -2.42. The predicted octanol–water partition coefficient (Wildman–Crippen LogP) is 5.30. The van der Waals surface area contributed by atoms with Crippen molar-refractivity contribution in [3.05, 3.63) is 79.8 Å². The van der Waals surface area contributed by atoms with Crippen LogP contribution in [0.25, 0.3) is 0 Å². The number of carbonyl (C=O) groups is 3. The molecule has 3 amide bonds. The van der Waals surface area contributed by atoms with Crippen molar-refractivity contribution < 1.29 is 14.4 Å². The van der Waals surface area contributed by atoms with Gasteiger partial charge in [-0.05, 0) is 62.4 Å². The van der Waals surface area contributed by atoms with Crippen LogP contribution in [0.2, 0.25) is 10.0 Å². The van der Waals surface area contributed by atoms with Crippen molar-refractivity contribution in [2.45, 2.75) is 58.3 Å². The average molecular weight is 670 g/mol. The van der Waals surface area contributed by atoms with E-state index in [1.807, 2.05) is 47.2 Å². The van der Waals surface area contributed by atoms with Crippen LogP contribution in [0.5, 0.6) is 0 Å². The van der Waals surface area contributed by atoms with Gasteiger partial charge in [0.05, 0.1) is 28.3 Å². The molecule has 3 heterocycles. The van der Waals surface area contributed by atoms with Crippen molar-refractivity contribution in [1.82, 2.24) is 25.0 Å². The first-order chi connectivity index (χ1) is 21.5. The minimum atomic E-state index is -0.339. The smallest absolute Gasteiger partial charge is 0.254 e. The number of aryl methyl sites for hydroxylation is 2. The summed E-state index contributed by atoms with van der Waals surface area (Å²) < 4.78 is 0. The molecular weight excluding hydrogens is 631 g/mol. The number of fused-ring (bicyclic) bond motifs is 2. The van der Waals surface area contributed by atoms with Gasteiger partial charge < -0.3 is 20.4 Å². The van der Waals surface area contributed by atoms with Gasteiger partial charge in [0, 0.05) is 62.7 Å². The molecule has 1 saturated carbocycles. The molecule has 0 radical (unpaired) electrons. The highest BCUT2D eigenvalue weighted by Gasteiger charge is 2.45. The number of hydrogen-bond acceptors (Lipinski definition) is 7. The third-order valence-electron chi connectivity index (χ3n) is 9.16. The maximum Gasteiger partial charge on any atom is 0.254 e. The van der Waals surface area contributed by atoms with Gasteiger partial charge in [0.1, 0.15) is 0 Å². The van der Waals surface area contributed by atoms with Crippen LogP contribution < -0.4 is 10.6 Å². The zero-order valence-electron chi connectivity index (χ0n) is 25.7. The Labute approximate surface area is 277 Å². The SMILES string of the molecule is CC(=O)Nc1nc(CN2CC3CC2CC3NCC(=O)N2CCN(C(=O)c3cc(C)cc(C)c3)C[C@H]2c2ccc(Cl)c(Cl)c2)cs1. The van der Waals surface area contributed by atoms with Crippen LogP contribution in [-0.2, 0) is 16.1 Å². The van der Waals surface area contributed by atoms with Crippen molar-refractivity contribution >= 4 is 57.4 Å². The molecule has 0 spiro atoms. The van der Waals surface area contributed by atoms with Crippen LogP contribution in [0.3, 0.4) is 0 Å². The van der Waals surface area contributed by atoms with Gasteiger partial charge in [-0.25, -0.2) is 4.98 Å². The summed E-state index contributed by atoms with van der Waals surface area (Å²) in [4.78, 5) is 49.4. The Morgan fingerprint density at radius 3 is 2.47 bits per heavy atom. The van der Waals surface area contributed by atoms with Crippen LogP contribution in [0.4, 0.5) is 5.13 Å². The standard InChI is InChI=1S/C33H38Cl2N6O3S/c1-19-8-20(2)10-23(9-19)32(44)39-6-7-41(30(17-39)22-4-5-27(34)28(35)12-22)31(43)14-36-29-13-26-11-24(29)15-40(26)16-25-18-45-33(38-25)37-21(3)42/h4-5,8-10,12,18,24,26,29-30,36H,6-7,11,13-17H2,1-3H3,(H,37,38,42)/t24?,26?,29?,30-/m0/s1. The monoisotopic (exact) mass is 668 g/mol. The van der Waals surface area contributed by atoms with Crippen LogP contribution in [0, 0.1) is 19.8 Å². The number of nitrogens with one attached hydrogen (secondary N) is 2. The summed E-state index contributed by atoms with van der Waals surface area (Å²) in [7, 11) is 0. The predicted molar refractivity (Wildman–Crippen MR) is 178 cm³/mol.